The Morgan fingerprint density at radius 2 is 1.67 bits per heavy atom. The first-order chi connectivity index (χ1) is 14.3. The van der Waals surface area contributed by atoms with Crippen LogP contribution in [-0.2, 0) is 21.9 Å². The quantitative estimate of drug-likeness (QED) is 0.459. The lowest BCUT2D eigenvalue weighted by Crippen LogP contribution is -2.48. The number of nitrogens with one attached hydrogen (secondary N) is 1. The molecule has 4 nitrogen and oxygen atoms in total. The lowest BCUT2D eigenvalue weighted by Gasteiger charge is -2.29. The van der Waals surface area contributed by atoms with Gasteiger partial charge >= 0.3 is 0 Å². The van der Waals surface area contributed by atoms with Gasteiger partial charge in [-0.15, -0.1) is 11.8 Å². The Kier molecular flexibility index (Phi) is 10.3. The average Bonchev–Trinajstić information content (AvgIpc) is 2.72. The Hall–Kier alpha value is -1.40. The molecule has 0 aliphatic carbocycles. The molecule has 0 saturated carbocycles. The van der Waals surface area contributed by atoms with Gasteiger partial charge in [0.25, 0.3) is 0 Å². The Morgan fingerprint density at radius 1 is 1.03 bits per heavy atom. The van der Waals surface area contributed by atoms with Crippen LogP contribution in [0.5, 0.6) is 0 Å². The van der Waals surface area contributed by atoms with Crippen LogP contribution < -0.4 is 5.32 Å². The normalized spacial score (nSPS) is 11.8. The first-order valence-corrected chi connectivity index (χ1v) is 11.9. The maximum Gasteiger partial charge on any atom is 0.242 e. The Labute approximate surface area is 197 Å². The molecule has 1 N–H and O–H groups in total. The van der Waals surface area contributed by atoms with Crippen LogP contribution in [0.3, 0.4) is 0 Å². The fourth-order valence-corrected chi connectivity index (χ4v) is 4.49. The third-order valence-corrected chi connectivity index (χ3v) is 6.59. The number of nitrogens with zero attached hydrogens (tertiary/aromatic N) is 1. The fraction of sp³-hybridized carbons (Fsp3) is 0.364. The van der Waals surface area contributed by atoms with Crippen molar-refractivity contribution in [3.8, 4) is 0 Å². The third-order valence-electron chi connectivity index (χ3n) is 4.55. The number of amides is 2. The van der Waals surface area contributed by atoms with Gasteiger partial charge < -0.3 is 10.2 Å². The van der Waals surface area contributed by atoms with Gasteiger partial charge in [-0.1, -0.05) is 66.0 Å². The first kappa shape index (κ1) is 24.9. The van der Waals surface area contributed by atoms with Crippen LogP contribution >= 0.6 is 46.6 Å². The van der Waals surface area contributed by atoms with E-state index in [-0.39, 0.29) is 24.1 Å². The number of hydrogen-bond acceptors (Lipinski definition) is 3. The summed E-state index contributed by atoms with van der Waals surface area (Å²) < 4.78 is 0. The van der Waals surface area contributed by atoms with Crippen molar-refractivity contribution >= 4 is 58.4 Å². The van der Waals surface area contributed by atoms with Gasteiger partial charge in [0.15, 0.2) is 0 Å². The number of carbonyl (C=O) groups excluding carboxylic acids is 2. The minimum absolute atomic E-state index is 0.157. The number of rotatable bonds is 10. The highest BCUT2D eigenvalue weighted by Crippen LogP contribution is 2.27. The summed E-state index contributed by atoms with van der Waals surface area (Å²) in [6, 6.07) is 12.1. The van der Waals surface area contributed by atoms with Crippen molar-refractivity contribution in [2.75, 3.05) is 12.3 Å². The van der Waals surface area contributed by atoms with Crippen LogP contribution in [0.1, 0.15) is 31.4 Å². The van der Waals surface area contributed by atoms with Gasteiger partial charge in [0, 0.05) is 39.5 Å². The van der Waals surface area contributed by atoms with Crippen molar-refractivity contribution in [3.05, 3.63) is 68.7 Å². The van der Waals surface area contributed by atoms with Gasteiger partial charge in [-0.3, -0.25) is 9.59 Å². The van der Waals surface area contributed by atoms with Gasteiger partial charge in [-0.05, 0) is 37.1 Å². The summed E-state index contributed by atoms with van der Waals surface area (Å²) in [5.41, 5.74) is 1.59. The topological polar surface area (TPSA) is 49.4 Å². The van der Waals surface area contributed by atoms with Gasteiger partial charge in [0.1, 0.15) is 6.04 Å². The summed E-state index contributed by atoms with van der Waals surface area (Å²) in [5.74, 6) is 0.438. The van der Waals surface area contributed by atoms with Gasteiger partial charge in [-0.25, -0.2) is 0 Å². The van der Waals surface area contributed by atoms with Crippen molar-refractivity contribution in [1.82, 2.24) is 10.2 Å². The lowest BCUT2D eigenvalue weighted by molar-refractivity contribution is -0.138. The molecule has 8 heteroatoms. The second kappa shape index (κ2) is 12.5. The average molecular weight is 488 g/mol. The second-order valence-electron chi connectivity index (χ2n) is 6.77. The highest BCUT2D eigenvalue weighted by molar-refractivity contribution is 7.99. The summed E-state index contributed by atoms with van der Waals surface area (Å²) >= 11 is 20.3. The lowest BCUT2D eigenvalue weighted by atomic mass is 10.1. The molecule has 0 unspecified atom stereocenters. The molecule has 0 aliphatic heterocycles. The van der Waals surface area contributed by atoms with E-state index < -0.39 is 6.04 Å². The second-order valence-corrected chi connectivity index (χ2v) is 8.98. The highest BCUT2D eigenvalue weighted by Gasteiger charge is 2.27. The molecule has 2 aromatic carbocycles. The summed E-state index contributed by atoms with van der Waals surface area (Å²) in [4.78, 5) is 27.1. The van der Waals surface area contributed by atoms with Crippen molar-refractivity contribution < 1.29 is 9.59 Å². The van der Waals surface area contributed by atoms with E-state index in [1.54, 1.807) is 25.1 Å². The molecule has 0 aliphatic rings. The van der Waals surface area contributed by atoms with Crippen LogP contribution in [0.25, 0.3) is 0 Å². The zero-order valence-electron chi connectivity index (χ0n) is 17.0. The molecule has 2 amide bonds. The molecule has 0 bridgehead atoms. The molecule has 1 atom stereocenters. The molecule has 0 fully saturated rings. The summed E-state index contributed by atoms with van der Waals surface area (Å²) in [7, 11) is 0. The predicted molar refractivity (Wildman–Crippen MR) is 127 cm³/mol. The van der Waals surface area contributed by atoms with E-state index >= 15 is 0 Å². The van der Waals surface area contributed by atoms with Crippen molar-refractivity contribution in [3.63, 3.8) is 0 Å². The zero-order chi connectivity index (χ0) is 22.1. The molecule has 0 aromatic heterocycles. The number of benzene rings is 2. The standard InChI is InChI=1S/C22H25Cl3N2O2S/c1-3-11-26-22(29)15(2)27(12-17-19(24)9-6-10-20(17)25)21(28)14-30-13-16-7-4-5-8-18(16)23/h4-10,15H,3,11-14H2,1-2H3,(H,26,29)/t15-/m0/s1. The van der Waals surface area contributed by atoms with E-state index in [2.05, 4.69) is 5.32 Å². The minimum atomic E-state index is -0.655. The fourth-order valence-electron chi connectivity index (χ4n) is 2.78. The Morgan fingerprint density at radius 3 is 2.30 bits per heavy atom. The molecule has 30 heavy (non-hydrogen) atoms. The van der Waals surface area contributed by atoms with E-state index in [0.29, 0.717) is 32.9 Å². The van der Waals surface area contributed by atoms with Crippen molar-refractivity contribution in [1.29, 1.82) is 0 Å². The minimum Gasteiger partial charge on any atom is -0.354 e. The predicted octanol–water partition coefficient (Wildman–Crippen LogP) is 5.82. The smallest absolute Gasteiger partial charge is 0.242 e. The molecule has 0 radical (unpaired) electrons. The Balaban J connectivity index is 2.14. The number of halogens is 3. The van der Waals surface area contributed by atoms with E-state index in [0.717, 1.165) is 12.0 Å². The molecule has 0 spiro atoms. The van der Waals surface area contributed by atoms with E-state index in [1.807, 2.05) is 31.2 Å². The summed E-state index contributed by atoms with van der Waals surface area (Å²) in [6.45, 7) is 4.40. The molecular weight excluding hydrogens is 463 g/mol. The van der Waals surface area contributed by atoms with Crippen LogP contribution in [0.2, 0.25) is 15.1 Å². The molecule has 2 aromatic rings. The highest BCUT2D eigenvalue weighted by atomic mass is 35.5. The van der Waals surface area contributed by atoms with E-state index in [4.69, 9.17) is 34.8 Å². The summed E-state index contributed by atoms with van der Waals surface area (Å²) in [6.07, 6.45) is 0.816. The maximum atomic E-state index is 13.1. The number of hydrogen-bond donors (Lipinski definition) is 1. The summed E-state index contributed by atoms with van der Waals surface area (Å²) in [5, 5.41) is 4.45. The van der Waals surface area contributed by atoms with Crippen LogP contribution in [0.4, 0.5) is 0 Å². The van der Waals surface area contributed by atoms with E-state index in [1.165, 1.54) is 16.7 Å². The van der Waals surface area contributed by atoms with Crippen LogP contribution in [-0.4, -0.2) is 35.1 Å². The molecule has 0 heterocycles. The zero-order valence-corrected chi connectivity index (χ0v) is 20.0. The van der Waals surface area contributed by atoms with Crippen LogP contribution in [0, 0.1) is 0 Å². The number of carbonyl (C=O) groups is 2. The van der Waals surface area contributed by atoms with Gasteiger partial charge in [0.2, 0.25) is 11.8 Å². The molecule has 0 saturated heterocycles. The largest absolute Gasteiger partial charge is 0.354 e. The Bertz CT molecular complexity index is 859. The molecule has 162 valence electrons. The number of thioether (sulfide) groups is 1. The third kappa shape index (κ3) is 7.09. The van der Waals surface area contributed by atoms with Crippen molar-refractivity contribution in [2.24, 2.45) is 0 Å². The molecular formula is C22H25Cl3N2O2S. The van der Waals surface area contributed by atoms with Crippen molar-refractivity contribution in [2.45, 2.75) is 38.6 Å². The maximum absolute atomic E-state index is 13.1. The van der Waals surface area contributed by atoms with Gasteiger partial charge in [-0.2, -0.15) is 0 Å². The first-order valence-electron chi connectivity index (χ1n) is 9.66. The monoisotopic (exact) mass is 486 g/mol. The van der Waals surface area contributed by atoms with Gasteiger partial charge in [0.05, 0.1) is 5.75 Å². The van der Waals surface area contributed by atoms with E-state index in [9.17, 15) is 9.59 Å². The SMILES string of the molecule is CCCNC(=O)[C@H](C)N(Cc1c(Cl)cccc1Cl)C(=O)CSCc1ccccc1Cl. The van der Waals surface area contributed by atoms with Crippen LogP contribution in [0.15, 0.2) is 42.5 Å². The molecule has 2 rings (SSSR count).